The molecule has 1 rings (SSSR count). The summed E-state index contributed by atoms with van der Waals surface area (Å²) in [7, 11) is 0. The third kappa shape index (κ3) is 4.51. The van der Waals surface area contributed by atoms with Gasteiger partial charge in [-0.1, -0.05) is 45.4 Å². The molecule has 0 saturated carbocycles. The maximum atomic E-state index is 5.90. The topological polar surface area (TPSA) is 38.0 Å². The van der Waals surface area contributed by atoms with Crippen LogP contribution < -0.4 is 11.1 Å². The van der Waals surface area contributed by atoms with Crippen LogP contribution >= 0.6 is 11.6 Å². The Morgan fingerprint density at radius 1 is 1.17 bits per heavy atom. The van der Waals surface area contributed by atoms with E-state index in [1.807, 2.05) is 18.2 Å². The number of rotatable bonds is 6. The number of nitrogen functional groups attached to an aromatic ring is 1. The van der Waals surface area contributed by atoms with Crippen LogP contribution in [-0.2, 0) is 6.54 Å². The summed E-state index contributed by atoms with van der Waals surface area (Å²) in [6.07, 6.45) is 0. The molecule has 0 aliphatic heterocycles. The van der Waals surface area contributed by atoms with Crippen LogP contribution in [0.4, 0.5) is 5.69 Å². The molecule has 0 saturated heterocycles. The van der Waals surface area contributed by atoms with Crippen molar-refractivity contribution in [2.75, 3.05) is 12.3 Å². The molecule has 1 aromatic rings. The van der Waals surface area contributed by atoms with Gasteiger partial charge in [0.1, 0.15) is 0 Å². The maximum absolute atomic E-state index is 5.90. The molecule has 0 amide bonds. The van der Waals surface area contributed by atoms with Crippen LogP contribution in [0.1, 0.15) is 33.3 Å². The molecular weight excluding hydrogens is 244 g/mol. The highest BCUT2D eigenvalue weighted by molar-refractivity contribution is 6.33. The summed E-state index contributed by atoms with van der Waals surface area (Å²) in [6, 6.07) is 5.82. The molecule has 0 heterocycles. The first-order valence-electron chi connectivity index (χ1n) is 6.66. The Morgan fingerprint density at radius 3 is 2.28 bits per heavy atom. The lowest BCUT2D eigenvalue weighted by molar-refractivity contribution is 0.275. The molecule has 18 heavy (non-hydrogen) atoms. The number of anilines is 1. The highest BCUT2D eigenvalue weighted by Crippen LogP contribution is 2.21. The SMILES string of the molecule is CC(C)C(CNCc1ccc(Cl)c(N)c1)C(C)C. The van der Waals surface area contributed by atoms with Gasteiger partial charge in [-0.05, 0) is 42.0 Å². The Hall–Kier alpha value is -0.730. The molecule has 0 unspecified atom stereocenters. The first-order valence-corrected chi connectivity index (χ1v) is 7.04. The quantitative estimate of drug-likeness (QED) is 0.767. The van der Waals surface area contributed by atoms with Gasteiger partial charge in [-0.15, -0.1) is 0 Å². The molecule has 0 bridgehead atoms. The largest absolute Gasteiger partial charge is 0.398 e. The zero-order valence-corrected chi connectivity index (χ0v) is 12.6. The predicted octanol–water partition coefficient (Wildman–Crippen LogP) is 3.94. The van der Waals surface area contributed by atoms with Gasteiger partial charge in [0, 0.05) is 6.54 Å². The molecular formula is C15H25ClN2. The normalized spacial score (nSPS) is 11.8. The summed E-state index contributed by atoms with van der Waals surface area (Å²) in [6.45, 7) is 11.0. The van der Waals surface area contributed by atoms with Crippen LogP contribution in [0.3, 0.4) is 0 Å². The summed E-state index contributed by atoms with van der Waals surface area (Å²) < 4.78 is 0. The summed E-state index contributed by atoms with van der Waals surface area (Å²) in [4.78, 5) is 0. The molecule has 0 aliphatic carbocycles. The zero-order chi connectivity index (χ0) is 13.7. The highest BCUT2D eigenvalue weighted by atomic mass is 35.5. The van der Waals surface area contributed by atoms with Gasteiger partial charge in [-0.2, -0.15) is 0 Å². The van der Waals surface area contributed by atoms with E-state index in [1.54, 1.807) is 0 Å². The van der Waals surface area contributed by atoms with E-state index in [1.165, 1.54) is 5.56 Å². The monoisotopic (exact) mass is 268 g/mol. The van der Waals surface area contributed by atoms with E-state index < -0.39 is 0 Å². The van der Waals surface area contributed by atoms with E-state index >= 15 is 0 Å². The molecule has 0 fully saturated rings. The van der Waals surface area contributed by atoms with Crippen molar-refractivity contribution in [3.8, 4) is 0 Å². The lowest BCUT2D eigenvalue weighted by atomic mass is 9.85. The lowest BCUT2D eigenvalue weighted by Crippen LogP contribution is -2.29. The molecule has 102 valence electrons. The van der Waals surface area contributed by atoms with Crippen molar-refractivity contribution in [2.45, 2.75) is 34.2 Å². The molecule has 1 aromatic carbocycles. The number of nitrogens with two attached hydrogens (primary N) is 1. The fourth-order valence-electron chi connectivity index (χ4n) is 2.33. The van der Waals surface area contributed by atoms with Crippen LogP contribution in [0, 0.1) is 17.8 Å². The smallest absolute Gasteiger partial charge is 0.0635 e. The molecule has 0 aromatic heterocycles. The van der Waals surface area contributed by atoms with Gasteiger partial charge in [-0.25, -0.2) is 0 Å². The second-order valence-corrected chi connectivity index (χ2v) is 6.05. The number of hydrogen-bond acceptors (Lipinski definition) is 2. The third-order valence-electron chi connectivity index (χ3n) is 3.48. The van der Waals surface area contributed by atoms with E-state index in [9.17, 15) is 0 Å². The average molecular weight is 269 g/mol. The average Bonchev–Trinajstić information content (AvgIpc) is 2.28. The summed E-state index contributed by atoms with van der Waals surface area (Å²) in [5, 5.41) is 4.14. The molecule has 0 spiro atoms. The molecule has 3 heteroatoms. The van der Waals surface area contributed by atoms with Crippen molar-refractivity contribution >= 4 is 17.3 Å². The van der Waals surface area contributed by atoms with Crippen molar-refractivity contribution in [2.24, 2.45) is 17.8 Å². The Morgan fingerprint density at radius 2 is 1.78 bits per heavy atom. The summed E-state index contributed by atoms with van der Waals surface area (Å²) in [5.74, 6) is 2.11. The third-order valence-corrected chi connectivity index (χ3v) is 3.83. The number of nitrogens with one attached hydrogen (secondary N) is 1. The van der Waals surface area contributed by atoms with Gasteiger partial charge in [0.25, 0.3) is 0 Å². The minimum atomic E-state index is 0.626. The molecule has 0 atom stereocenters. The van der Waals surface area contributed by atoms with Crippen LogP contribution in [0.25, 0.3) is 0 Å². The second kappa shape index (κ2) is 7.01. The Kier molecular flexibility index (Phi) is 5.97. The zero-order valence-electron chi connectivity index (χ0n) is 11.8. The van der Waals surface area contributed by atoms with Gasteiger partial charge >= 0.3 is 0 Å². The van der Waals surface area contributed by atoms with Gasteiger partial charge in [0.05, 0.1) is 10.7 Å². The predicted molar refractivity (Wildman–Crippen MR) is 80.7 cm³/mol. The van der Waals surface area contributed by atoms with Crippen molar-refractivity contribution < 1.29 is 0 Å². The maximum Gasteiger partial charge on any atom is 0.0635 e. The lowest BCUT2D eigenvalue weighted by Gasteiger charge is -2.25. The second-order valence-electron chi connectivity index (χ2n) is 5.64. The fraction of sp³-hybridized carbons (Fsp3) is 0.600. The number of benzene rings is 1. The molecule has 2 nitrogen and oxygen atoms in total. The molecule has 0 radical (unpaired) electrons. The van der Waals surface area contributed by atoms with Crippen LogP contribution in [0.15, 0.2) is 18.2 Å². The van der Waals surface area contributed by atoms with Crippen LogP contribution in [0.5, 0.6) is 0 Å². The Balaban J connectivity index is 2.47. The first-order chi connectivity index (χ1) is 8.41. The number of hydrogen-bond donors (Lipinski definition) is 2. The van der Waals surface area contributed by atoms with E-state index in [0.717, 1.165) is 13.1 Å². The Bertz CT molecular complexity index is 367. The van der Waals surface area contributed by atoms with Gasteiger partial charge in [-0.3, -0.25) is 0 Å². The van der Waals surface area contributed by atoms with Crippen molar-refractivity contribution in [1.29, 1.82) is 0 Å². The fourth-order valence-corrected chi connectivity index (χ4v) is 2.45. The summed E-state index contributed by atoms with van der Waals surface area (Å²) >= 11 is 5.90. The highest BCUT2D eigenvalue weighted by Gasteiger charge is 2.16. The minimum Gasteiger partial charge on any atom is -0.398 e. The van der Waals surface area contributed by atoms with Crippen molar-refractivity contribution in [1.82, 2.24) is 5.32 Å². The van der Waals surface area contributed by atoms with E-state index in [0.29, 0.717) is 28.5 Å². The van der Waals surface area contributed by atoms with Crippen LogP contribution in [-0.4, -0.2) is 6.54 Å². The molecule has 3 N–H and O–H groups in total. The van der Waals surface area contributed by atoms with Gasteiger partial charge < -0.3 is 11.1 Å². The first kappa shape index (κ1) is 15.3. The molecule has 0 aliphatic rings. The van der Waals surface area contributed by atoms with E-state index in [2.05, 4.69) is 33.0 Å². The standard InChI is InChI=1S/C15H25ClN2/c1-10(2)13(11(3)4)9-18-8-12-5-6-14(16)15(17)7-12/h5-7,10-11,13,18H,8-9,17H2,1-4H3. The van der Waals surface area contributed by atoms with Gasteiger partial charge in [0.2, 0.25) is 0 Å². The van der Waals surface area contributed by atoms with E-state index in [4.69, 9.17) is 17.3 Å². The Labute approximate surface area is 116 Å². The van der Waals surface area contributed by atoms with Gasteiger partial charge in [0.15, 0.2) is 0 Å². The number of halogens is 1. The van der Waals surface area contributed by atoms with Crippen LogP contribution in [0.2, 0.25) is 5.02 Å². The van der Waals surface area contributed by atoms with Crippen molar-refractivity contribution in [3.63, 3.8) is 0 Å². The minimum absolute atomic E-state index is 0.626. The van der Waals surface area contributed by atoms with Crippen molar-refractivity contribution in [3.05, 3.63) is 28.8 Å². The summed E-state index contributed by atoms with van der Waals surface area (Å²) in [5.41, 5.74) is 7.63. The van der Waals surface area contributed by atoms with E-state index in [-0.39, 0.29) is 0 Å².